The molecule has 2 atom stereocenters. The molecular weight excluding hydrogens is 251 g/mol. The molecule has 1 aliphatic rings. The van der Waals surface area contributed by atoms with Crippen LogP contribution in [0, 0.1) is 11.8 Å². The average molecular weight is 266 g/mol. The monoisotopic (exact) mass is 266 g/mol. The Labute approximate surface area is 99.0 Å². The van der Waals surface area contributed by atoms with Crippen LogP contribution in [0.4, 0.5) is 0 Å². The van der Waals surface area contributed by atoms with Crippen LogP contribution in [0.2, 0.25) is 0 Å². The lowest BCUT2D eigenvalue weighted by molar-refractivity contribution is -0.144. The van der Waals surface area contributed by atoms with Crippen molar-refractivity contribution in [2.24, 2.45) is 11.8 Å². The topological polar surface area (TPSA) is 88.1 Å². The van der Waals surface area contributed by atoms with Crippen LogP contribution in [0.3, 0.4) is 0 Å². The smallest absolute Gasteiger partial charge is 0.465 e. The fraction of sp³-hybridized carbons (Fsp3) is 0.778. The van der Waals surface area contributed by atoms with Crippen molar-refractivity contribution >= 4 is 19.6 Å². The number of phosphoric ester groups is 1. The highest BCUT2D eigenvalue weighted by Crippen LogP contribution is 2.48. The van der Waals surface area contributed by atoms with E-state index in [2.05, 4.69) is 9.05 Å². The van der Waals surface area contributed by atoms with E-state index in [-0.39, 0.29) is 19.0 Å². The number of ketones is 1. The summed E-state index contributed by atoms with van der Waals surface area (Å²) in [6, 6.07) is 0. The zero-order chi connectivity index (χ0) is 13.1. The van der Waals surface area contributed by atoms with Gasteiger partial charge in [0.15, 0.2) is 0 Å². The molecule has 0 aromatic carbocycles. The molecule has 0 saturated carbocycles. The second-order valence-corrected chi connectivity index (χ2v) is 5.47. The number of hydrogen-bond acceptors (Lipinski definition) is 7. The fourth-order valence-corrected chi connectivity index (χ4v) is 2.31. The number of phosphoric acid groups is 1. The highest BCUT2D eigenvalue weighted by Gasteiger charge is 2.41. The Bertz CT molecular complexity index is 345. The van der Waals surface area contributed by atoms with Gasteiger partial charge in [0, 0.05) is 20.1 Å². The summed E-state index contributed by atoms with van der Waals surface area (Å²) in [5, 5.41) is 0. The molecule has 0 aromatic rings. The second-order valence-electron chi connectivity index (χ2n) is 3.59. The van der Waals surface area contributed by atoms with Crippen molar-refractivity contribution in [1.82, 2.24) is 0 Å². The summed E-state index contributed by atoms with van der Waals surface area (Å²) < 4.78 is 30.5. The van der Waals surface area contributed by atoms with Crippen LogP contribution >= 0.6 is 7.82 Å². The third-order valence-electron chi connectivity index (χ3n) is 2.50. The van der Waals surface area contributed by atoms with E-state index >= 15 is 0 Å². The van der Waals surface area contributed by atoms with Crippen LogP contribution in [0.15, 0.2) is 0 Å². The van der Waals surface area contributed by atoms with Gasteiger partial charge in [0.25, 0.3) is 0 Å². The number of ether oxygens (including phenoxy) is 1. The molecule has 1 aliphatic heterocycles. The third-order valence-corrected chi connectivity index (χ3v) is 3.86. The van der Waals surface area contributed by atoms with Crippen LogP contribution in [0.25, 0.3) is 0 Å². The Balaban J connectivity index is 2.60. The maximum absolute atomic E-state index is 11.6. The van der Waals surface area contributed by atoms with Gasteiger partial charge in [-0.05, 0) is 6.92 Å². The lowest BCUT2D eigenvalue weighted by Gasteiger charge is -2.17. The van der Waals surface area contributed by atoms with E-state index in [1.165, 1.54) is 21.1 Å². The molecule has 1 fully saturated rings. The third kappa shape index (κ3) is 3.35. The zero-order valence-corrected chi connectivity index (χ0v) is 10.8. The van der Waals surface area contributed by atoms with Gasteiger partial charge in [-0.2, -0.15) is 0 Å². The minimum Gasteiger partial charge on any atom is -0.465 e. The number of rotatable bonds is 6. The highest BCUT2D eigenvalue weighted by molar-refractivity contribution is 7.48. The van der Waals surface area contributed by atoms with Gasteiger partial charge >= 0.3 is 13.8 Å². The summed E-state index contributed by atoms with van der Waals surface area (Å²) in [6.45, 7) is 1.27. The first-order valence-corrected chi connectivity index (χ1v) is 6.42. The van der Waals surface area contributed by atoms with Crippen LogP contribution in [0.1, 0.15) is 6.92 Å². The van der Waals surface area contributed by atoms with E-state index in [1.807, 2.05) is 0 Å². The largest absolute Gasteiger partial charge is 0.474 e. The van der Waals surface area contributed by atoms with Crippen molar-refractivity contribution in [3.8, 4) is 0 Å². The Morgan fingerprint density at radius 1 is 1.47 bits per heavy atom. The Morgan fingerprint density at radius 3 is 2.53 bits per heavy atom. The minimum atomic E-state index is -3.59. The number of carbonyl (C=O) groups excluding carboxylic acids is 2. The normalized spacial score (nSPS) is 24.8. The molecule has 0 bridgehead atoms. The van der Waals surface area contributed by atoms with Crippen LogP contribution < -0.4 is 0 Å². The number of hydrogen-bond donors (Lipinski definition) is 0. The predicted octanol–water partition coefficient (Wildman–Crippen LogP) is 0.782. The Morgan fingerprint density at radius 2 is 2.06 bits per heavy atom. The van der Waals surface area contributed by atoms with E-state index in [0.717, 1.165) is 0 Å². The fourth-order valence-electron chi connectivity index (χ4n) is 1.58. The first-order valence-electron chi connectivity index (χ1n) is 4.96. The first-order chi connectivity index (χ1) is 7.93. The van der Waals surface area contributed by atoms with E-state index in [1.54, 1.807) is 0 Å². The van der Waals surface area contributed by atoms with Gasteiger partial charge < -0.3 is 4.74 Å². The second kappa shape index (κ2) is 5.73. The summed E-state index contributed by atoms with van der Waals surface area (Å²) in [5.74, 6) is -2.20. The quantitative estimate of drug-likeness (QED) is 0.398. The van der Waals surface area contributed by atoms with Gasteiger partial charge in [0.1, 0.15) is 11.7 Å². The lowest BCUT2D eigenvalue weighted by atomic mass is 9.93. The molecule has 8 heteroatoms. The van der Waals surface area contributed by atoms with Gasteiger partial charge in [0.2, 0.25) is 0 Å². The van der Waals surface area contributed by atoms with Crippen molar-refractivity contribution in [2.45, 2.75) is 6.92 Å². The summed E-state index contributed by atoms with van der Waals surface area (Å²) >= 11 is 0. The van der Waals surface area contributed by atoms with Crippen molar-refractivity contribution in [1.29, 1.82) is 0 Å². The molecule has 1 rings (SSSR count). The maximum Gasteiger partial charge on any atom is 0.474 e. The van der Waals surface area contributed by atoms with Crippen molar-refractivity contribution in [3.05, 3.63) is 0 Å². The summed E-state index contributed by atoms with van der Waals surface area (Å²) in [4.78, 5) is 22.5. The van der Waals surface area contributed by atoms with Gasteiger partial charge in [-0.15, -0.1) is 0 Å². The SMILES string of the molecule is COP(=O)(OC)OCC1COC(=O)C1C(C)=O. The molecule has 0 spiro atoms. The van der Waals surface area contributed by atoms with E-state index < -0.39 is 25.6 Å². The summed E-state index contributed by atoms with van der Waals surface area (Å²) in [6.07, 6.45) is 0. The summed E-state index contributed by atoms with van der Waals surface area (Å²) in [5.41, 5.74) is 0. The number of esters is 1. The van der Waals surface area contributed by atoms with Gasteiger partial charge in [0.05, 0.1) is 13.2 Å². The van der Waals surface area contributed by atoms with E-state index in [0.29, 0.717) is 0 Å². The van der Waals surface area contributed by atoms with Gasteiger partial charge in [-0.3, -0.25) is 23.2 Å². The van der Waals surface area contributed by atoms with Crippen LogP contribution in [-0.2, 0) is 32.5 Å². The van der Waals surface area contributed by atoms with Crippen molar-refractivity contribution < 1.29 is 32.5 Å². The minimum absolute atomic E-state index is 0.0660. The molecule has 2 unspecified atom stereocenters. The molecule has 0 amide bonds. The molecule has 1 saturated heterocycles. The first kappa shape index (κ1) is 14.3. The zero-order valence-electron chi connectivity index (χ0n) is 9.87. The lowest BCUT2D eigenvalue weighted by Crippen LogP contribution is -2.26. The van der Waals surface area contributed by atoms with E-state index in [4.69, 9.17) is 9.26 Å². The number of carbonyl (C=O) groups is 2. The molecule has 0 aliphatic carbocycles. The molecule has 0 radical (unpaired) electrons. The molecule has 0 N–H and O–H groups in total. The molecule has 98 valence electrons. The molecule has 7 nitrogen and oxygen atoms in total. The average Bonchev–Trinajstić information content (AvgIpc) is 2.67. The van der Waals surface area contributed by atoms with Crippen LogP contribution in [-0.4, -0.2) is 39.2 Å². The van der Waals surface area contributed by atoms with Crippen molar-refractivity contribution in [3.63, 3.8) is 0 Å². The van der Waals surface area contributed by atoms with Gasteiger partial charge in [-0.25, -0.2) is 4.57 Å². The Hall–Kier alpha value is -0.750. The standard InChI is InChI=1S/C9H15O7P/c1-6(10)8-7(4-15-9(8)11)5-16-17(12,13-2)14-3/h7-8H,4-5H2,1-3H3. The van der Waals surface area contributed by atoms with E-state index in [9.17, 15) is 14.2 Å². The highest BCUT2D eigenvalue weighted by atomic mass is 31.2. The van der Waals surface area contributed by atoms with Crippen LogP contribution in [0.5, 0.6) is 0 Å². The Kier molecular flexibility index (Phi) is 4.82. The summed E-state index contributed by atoms with van der Waals surface area (Å²) in [7, 11) is -1.22. The predicted molar refractivity (Wildman–Crippen MR) is 56.2 cm³/mol. The number of cyclic esters (lactones) is 1. The maximum atomic E-state index is 11.6. The number of Topliss-reactive ketones (excluding diaryl/α,β-unsaturated/α-hetero) is 1. The van der Waals surface area contributed by atoms with Crippen molar-refractivity contribution in [2.75, 3.05) is 27.4 Å². The molecule has 17 heavy (non-hydrogen) atoms. The molecule has 0 aromatic heterocycles. The molecule has 1 heterocycles. The van der Waals surface area contributed by atoms with Gasteiger partial charge in [-0.1, -0.05) is 0 Å². The molecular formula is C9H15O7P.